The van der Waals surface area contributed by atoms with Gasteiger partial charge < -0.3 is 26.4 Å². The SMILES string of the molecule is COCC(=O)NCC(NC(=S)Nc1ccccc1N)c1cccc(C(F)(F)F)c1. The maximum atomic E-state index is 13.1. The Morgan fingerprint density at radius 2 is 1.93 bits per heavy atom. The first-order chi connectivity index (χ1) is 13.7. The van der Waals surface area contributed by atoms with Gasteiger partial charge in [-0.25, -0.2) is 0 Å². The third kappa shape index (κ3) is 6.91. The molecule has 0 radical (unpaired) electrons. The monoisotopic (exact) mass is 426 g/mol. The standard InChI is InChI=1S/C19H21F3N4O2S/c1-28-11-17(27)24-10-16(12-5-4-6-13(9-12)19(20,21)22)26-18(29)25-15-8-3-2-7-14(15)23/h2-9,16H,10-11,23H2,1H3,(H,24,27)(H2,25,26,29). The Kier molecular flexibility index (Phi) is 7.80. The van der Waals surface area contributed by atoms with E-state index in [1.807, 2.05) is 0 Å². The van der Waals surface area contributed by atoms with Crippen molar-refractivity contribution in [1.29, 1.82) is 0 Å². The van der Waals surface area contributed by atoms with Gasteiger partial charge in [-0.3, -0.25) is 4.79 Å². The average Bonchev–Trinajstić information content (AvgIpc) is 2.66. The van der Waals surface area contributed by atoms with Crippen molar-refractivity contribution >= 4 is 34.6 Å². The van der Waals surface area contributed by atoms with E-state index in [2.05, 4.69) is 16.0 Å². The number of carbonyl (C=O) groups is 1. The van der Waals surface area contributed by atoms with Crippen LogP contribution in [0.15, 0.2) is 48.5 Å². The summed E-state index contributed by atoms with van der Waals surface area (Å²) < 4.78 is 44.0. The minimum atomic E-state index is -4.49. The zero-order valence-electron chi connectivity index (χ0n) is 15.5. The Balaban J connectivity index is 2.19. The van der Waals surface area contributed by atoms with Crippen LogP contribution in [-0.2, 0) is 15.7 Å². The fourth-order valence-corrected chi connectivity index (χ4v) is 2.76. The number of halogens is 3. The molecule has 0 aliphatic carbocycles. The molecule has 156 valence electrons. The third-order valence-electron chi connectivity index (χ3n) is 3.91. The van der Waals surface area contributed by atoms with Gasteiger partial charge in [0.1, 0.15) is 6.61 Å². The summed E-state index contributed by atoms with van der Waals surface area (Å²) in [4.78, 5) is 11.7. The van der Waals surface area contributed by atoms with Crippen LogP contribution in [0.1, 0.15) is 17.2 Å². The van der Waals surface area contributed by atoms with Crippen LogP contribution in [0.5, 0.6) is 0 Å². The molecule has 1 atom stereocenters. The number of nitrogens with two attached hydrogens (primary N) is 1. The van der Waals surface area contributed by atoms with Crippen LogP contribution in [-0.4, -0.2) is 31.3 Å². The largest absolute Gasteiger partial charge is 0.416 e. The molecular weight excluding hydrogens is 405 g/mol. The summed E-state index contributed by atoms with van der Waals surface area (Å²) in [6.45, 7) is -0.172. The van der Waals surface area contributed by atoms with Gasteiger partial charge in [-0.2, -0.15) is 13.2 Å². The lowest BCUT2D eigenvalue weighted by molar-refractivity contribution is -0.137. The molecule has 2 aromatic carbocycles. The number of ether oxygens (including phenoxy) is 1. The van der Waals surface area contributed by atoms with Gasteiger partial charge in [0.05, 0.1) is 23.0 Å². The summed E-state index contributed by atoms with van der Waals surface area (Å²) in [7, 11) is 1.37. The lowest BCUT2D eigenvalue weighted by Gasteiger charge is -2.23. The molecule has 0 aromatic heterocycles. The molecule has 6 nitrogen and oxygen atoms in total. The molecule has 0 bridgehead atoms. The van der Waals surface area contributed by atoms with E-state index < -0.39 is 23.7 Å². The molecule has 29 heavy (non-hydrogen) atoms. The van der Waals surface area contributed by atoms with Gasteiger partial charge in [0.2, 0.25) is 5.91 Å². The lowest BCUT2D eigenvalue weighted by atomic mass is 10.0. The van der Waals surface area contributed by atoms with E-state index in [0.717, 1.165) is 12.1 Å². The van der Waals surface area contributed by atoms with Crippen molar-refractivity contribution in [2.24, 2.45) is 0 Å². The Morgan fingerprint density at radius 1 is 1.21 bits per heavy atom. The minimum Gasteiger partial charge on any atom is -0.397 e. The predicted molar refractivity (Wildman–Crippen MR) is 109 cm³/mol. The number of anilines is 2. The molecular formula is C19H21F3N4O2S. The Morgan fingerprint density at radius 3 is 2.59 bits per heavy atom. The van der Waals surface area contributed by atoms with Crippen molar-refractivity contribution in [1.82, 2.24) is 10.6 Å². The third-order valence-corrected chi connectivity index (χ3v) is 4.13. The second-order valence-electron chi connectivity index (χ2n) is 6.10. The molecule has 1 amide bonds. The second-order valence-corrected chi connectivity index (χ2v) is 6.51. The Hall–Kier alpha value is -2.85. The van der Waals surface area contributed by atoms with E-state index in [0.29, 0.717) is 16.9 Å². The minimum absolute atomic E-state index is 0.00437. The number of hydrogen-bond acceptors (Lipinski definition) is 4. The van der Waals surface area contributed by atoms with Crippen LogP contribution in [0.25, 0.3) is 0 Å². The van der Waals surface area contributed by atoms with Crippen molar-refractivity contribution in [2.75, 3.05) is 31.3 Å². The molecule has 1 unspecified atom stereocenters. The van der Waals surface area contributed by atoms with Crippen molar-refractivity contribution < 1.29 is 22.7 Å². The second kappa shape index (κ2) is 10.1. The number of rotatable bonds is 7. The van der Waals surface area contributed by atoms with Gasteiger partial charge >= 0.3 is 6.18 Å². The fraction of sp³-hybridized carbons (Fsp3) is 0.263. The van der Waals surface area contributed by atoms with Crippen LogP contribution >= 0.6 is 12.2 Å². The van der Waals surface area contributed by atoms with Crippen molar-refractivity contribution in [3.8, 4) is 0 Å². The fourth-order valence-electron chi connectivity index (χ4n) is 2.51. The number of benzene rings is 2. The predicted octanol–water partition coefficient (Wildman–Crippen LogP) is 3.08. The zero-order valence-corrected chi connectivity index (χ0v) is 16.4. The summed E-state index contributed by atoms with van der Waals surface area (Å²) in [5, 5.41) is 8.58. The normalized spacial score (nSPS) is 12.1. The average molecular weight is 426 g/mol. The first-order valence-electron chi connectivity index (χ1n) is 8.55. The first kappa shape index (κ1) is 22.4. The van der Waals surface area contributed by atoms with Crippen molar-refractivity contribution in [3.63, 3.8) is 0 Å². The number of para-hydroxylation sites is 2. The molecule has 0 fully saturated rings. The molecule has 0 aliphatic heterocycles. The highest BCUT2D eigenvalue weighted by atomic mass is 32.1. The van der Waals surface area contributed by atoms with Gasteiger partial charge in [-0.1, -0.05) is 24.3 Å². The van der Waals surface area contributed by atoms with Crippen molar-refractivity contribution in [3.05, 3.63) is 59.7 Å². The van der Waals surface area contributed by atoms with Gasteiger partial charge in [-0.15, -0.1) is 0 Å². The van der Waals surface area contributed by atoms with Gasteiger partial charge in [-0.05, 0) is 42.0 Å². The van der Waals surface area contributed by atoms with E-state index in [1.54, 1.807) is 24.3 Å². The van der Waals surface area contributed by atoms with E-state index >= 15 is 0 Å². The smallest absolute Gasteiger partial charge is 0.397 e. The topological polar surface area (TPSA) is 88.4 Å². The van der Waals surface area contributed by atoms with E-state index in [4.69, 9.17) is 22.7 Å². The number of nitrogens with one attached hydrogen (secondary N) is 3. The van der Waals surface area contributed by atoms with Crippen molar-refractivity contribution in [2.45, 2.75) is 12.2 Å². The van der Waals surface area contributed by atoms with Crippen LogP contribution in [0, 0.1) is 0 Å². The highest BCUT2D eigenvalue weighted by Gasteiger charge is 2.31. The summed E-state index contributed by atoms with van der Waals surface area (Å²) >= 11 is 5.27. The molecule has 0 saturated carbocycles. The summed E-state index contributed by atoms with van der Waals surface area (Å²) in [5.41, 5.74) is 6.39. The van der Waals surface area contributed by atoms with Gasteiger partial charge in [0, 0.05) is 13.7 Å². The molecule has 2 aromatic rings. The molecule has 10 heteroatoms. The molecule has 0 spiro atoms. The van der Waals surface area contributed by atoms with E-state index in [-0.39, 0.29) is 18.3 Å². The summed E-state index contributed by atoms with van der Waals surface area (Å²) in [6.07, 6.45) is -4.49. The summed E-state index contributed by atoms with van der Waals surface area (Å²) in [6, 6.07) is 11.0. The van der Waals surface area contributed by atoms with Crippen LogP contribution in [0.4, 0.5) is 24.5 Å². The molecule has 0 aliphatic rings. The molecule has 0 heterocycles. The highest BCUT2D eigenvalue weighted by molar-refractivity contribution is 7.80. The number of hydrogen-bond donors (Lipinski definition) is 4. The maximum absolute atomic E-state index is 13.1. The Bertz CT molecular complexity index is 861. The maximum Gasteiger partial charge on any atom is 0.416 e. The van der Waals surface area contributed by atoms with Gasteiger partial charge in [0.25, 0.3) is 0 Å². The number of carbonyl (C=O) groups excluding carboxylic acids is 1. The molecule has 0 saturated heterocycles. The molecule has 5 N–H and O–H groups in total. The summed E-state index contributed by atoms with van der Waals surface area (Å²) in [5.74, 6) is -0.405. The lowest BCUT2D eigenvalue weighted by Crippen LogP contribution is -2.40. The number of methoxy groups -OCH3 is 1. The van der Waals surface area contributed by atoms with Crippen LogP contribution < -0.4 is 21.7 Å². The zero-order chi connectivity index (χ0) is 21.4. The number of thiocarbonyl (C=S) groups is 1. The quantitative estimate of drug-likeness (QED) is 0.402. The number of amides is 1. The molecule has 2 rings (SSSR count). The Labute approximate surface area is 171 Å². The van der Waals surface area contributed by atoms with Crippen LogP contribution in [0.3, 0.4) is 0 Å². The number of nitrogen functional groups attached to an aromatic ring is 1. The van der Waals surface area contributed by atoms with E-state index in [9.17, 15) is 18.0 Å². The van der Waals surface area contributed by atoms with E-state index in [1.165, 1.54) is 19.2 Å². The highest BCUT2D eigenvalue weighted by Crippen LogP contribution is 2.30. The van der Waals surface area contributed by atoms with Gasteiger partial charge in [0.15, 0.2) is 5.11 Å². The number of alkyl halides is 3. The van der Waals surface area contributed by atoms with Crippen LogP contribution in [0.2, 0.25) is 0 Å². The first-order valence-corrected chi connectivity index (χ1v) is 8.96.